The highest BCUT2D eigenvalue weighted by molar-refractivity contribution is 5.87. The van der Waals surface area contributed by atoms with Crippen molar-refractivity contribution in [2.45, 2.75) is 33.2 Å². The fourth-order valence-electron chi connectivity index (χ4n) is 4.27. The van der Waals surface area contributed by atoms with Gasteiger partial charge in [-0.05, 0) is 35.1 Å². The molecular weight excluding hydrogens is 536 g/mol. The number of aromatic amines is 2. The van der Waals surface area contributed by atoms with Crippen LogP contribution in [0.15, 0.2) is 60.9 Å². The molecule has 12 nitrogen and oxygen atoms in total. The lowest BCUT2D eigenvalue weighted by Gasteiger charge is -2.21. The highest BCUT2D eigenvalue weighted by atomic mass is 16.5. The number of nitrogens with one attached hydrogen (secondary N) is 5. The minimum Gasteiger partial charge on any atom is -0.453 e. The number of nitrogens with zero attached hydrogens (tertiary/aromatic N) is 3. The molecule has 0 fully saturated rings. The Hall–Kier alpha value is -5.13. The predicted molar refractivity (Wildman–Crippen MR) is 160 cm³/mol. The van der Waals surface area contributed by atoms with Gasteiger partial charge in [0.15, 0.2) is 0 Å². The zero-order valence-electron chi connectivity index (χ0n) is 24.0. The molecule has 0 aliphatic heterocycles. The standard InChI is InChI=1S/C30H36N8O4/c1-4-14-31-29(40)37-28-33-17-25(36-28)23-12-8-21(9-13-23)20-6-10-22(11-7-20)24-16-32-26(35-24)19-38(15-5-2)27(39)18-34-30(41)42-3/h6-13,16-17H,4-5,14-15,18-19H2,1-3H3,(H,32,35)(H,34,41)(H3,31,33,36,37,40). The van der Waals surface area contributed by atoms with Crippen molar-refractivity contribution in [2.24, 2.45) is 0 Å². The van der Waals surface area contributed by atoms with E-state index in [1.807, 2.05) is 62.4 Å². The fourth-order valence-corrected chi connectivity index (χ4v) is 4.27. The average Bonchev–Trinajstić information content (AvgIpc) is 3.68. The predicted octanol–water partition coefficient (Wildman–Crippen LogP) is 4.76. The van der Waals surface area contributed by atoms with Crippen LogP contribution in [0.4, 0.5) is 15.5 Å². The Morgan fingerprint density at radius 2 is 1.40 bits per heavy atom. The summed E-state index contributed by atoms with van der Waals surface area (Å²) >= 11 is 0. The Balaban J connectivity index is 1.37. The molecule has 2 aromatic heterocycles. The van der Waals surface area contributed by atoms with E-state index >= 15 is 0 Å². The third kappa shape index (κ3) is 7.96. The number of hydrogen-bond donors (Lipinski definition) is 5. The van der Waals surface area contributed by atoms with E-state index in [1.165, 1.54) is 7.11 Å². The number of urea groups is 1. The molecule has 2 heterocycles. The van der Waals surface area contributed by atoms with Crippen molar-refractivity contribution < 1.29 is 19.1 Å². The zero-order chi connectivity index (χ0) is 29.9. The first-order valence-corrected chi connectivity index (χ1v) is 13.8. The van der Waals surface area contributed by atoms with Gasteiger partial charge < -0.3 is 30.2 Å². The van der Waals surface area contributed by atoms with Crippen molar-refractivity contribution in [3.8, 4) is 33.6 Å². The first-order valence-electron chi connectivity index (χ1n) is 13.8. The number of methoxy groups -OCH3 is 1. The van der Waals surface area contributed by atoms with Crippen LogP contribution in [-0.2, 0) is 16.1 Å². The van der Waals surface area contributed by atoms with Crippen LogP contribution in [-0.4, -0.2) is 69.6 Å². The third-order valence-corrected chi connectivity index (χ3v) is 6.45. The summed E-state index contributed by atoms with van der Waals surface area (Å²) in [6.07, 6.45) is 4.43. The lowest BCUT2D eigenvalue weighted by atomic mass is 10.0. The molecule has 0 atom stereocenters. The van der Waals surface area contributed by atoms with Crippen LogP contribution in [0.25, 0.3) is 33.6 Å². The molecule has 0 saturated carbocycles. The first kappa shape index (κ1) is 29.8. The van der Waals surface area contributed by atoms with Gasteiger partial charge in [-0.3, -0.25) is 10.1 Å². The molecular formula is C30H36N8O4. The summed E-state index contributed by atoms with van der Waals surface area (Å²) in [5, 5.41) is 7.87. The number of ether oxygens (including phenoxy) is 1. The van der Waals surface area contributed by atoms with Gasteiger partial charge in [0.1, 0.15) is 12.4 Å². The van der Waals surface area contributed by atoms with E-state index in [0.717, 1.165) is 46.5 Å². The normalized spacial score (nSPS) is 10.6. The molecule has 4 aromatic rings. The molecule has 5 N–H and O–H groups in total. The largest absolute Gasteiger partial charge is 0.453 e. The maximum absolute atomic E-state index is 12.6. The number of amides is 4. The van der Waals surface area contributed by atoms with Crippen LogP contribution in [0.3, 0.4) is 0 Å². The quantitative estimate of drug-likeness (QED) is 0.165. The van der Waals surface area contributed by atoms with E-state index in [9.17, 15) is 14.4 Å². The minimum absolute atomic E-state index is 0.138. The second kappa shape index (κ2) is 14.5. The molecule has 0 aliphatic rings. The summed E-state index contributed by atoms with van der Waals surface area (Å²) in [5.74, 6) is 0.832. The second-order valence-corrected chi connectivity index (χ2v) is 9.59. The molecule has 0 saturated heterocycles. The van der Waals surface area contributed by atoms with Crippen LogP contribution in [0.2, 0.25) is 0 Å². The summed E-state index contributed by atoms with van der Waals surface area (Å²) in [6.45, 7) is 5.28. The number of aromatic nitrogens is 4. The van der Waals surface area contributed by atoms with Gasteiger partial charge in [0.25, 0.3) is 0 Å². The van der Waals surface area contributed by atoms with Crippen LogP contribution >= 0.6 is 0 Å². The van der Waals surface area contributed by atoms with Gasteiger partial charge in [-0.2, -0.15) is 0 Å². The smallest absolute Gasteiger partial charge is 0.407 e. The van der Waals surface area contributed by atoms with Gasteiger partial charge in [-0.25, -0.2) is 19.6 Å². The molecule has 2 aromatic carbocycles. The molecule has 0 unspecified atom stereocenters. The number of carbonyl (C=O) groups excluding carboxylic acids is 3. The van der Waals surface area contributed by atoms with Crippen LogP contribution < -0.4 is 16.0 Å². The SMILES string of the molecule is CCCNC(=O)Nc1ncc(-c2ccc(-c3ccc(-c4cnc(CN(CCC)C(=O)CNC(=O)OC)[nH]4)cc3)cc2)[nH]1. The Kier molecular flexibility index (Phi) is 10.3. The van der Waals surface area contributed by atoms with Crippen LogP contribution in [0.5, 0.6) is 0 Å². The summed E-state index contributed by atoms with van der Waals surface area (Å²) < 4.78 is 4.54. The molecule has 0 spiro atoms. The zero-order valence-corrected chi connectivity index (χ0v) is 24.0. The van der Waals surface area contributed by atoms with Gasteiger partial charge in [0.2, 0.25) is 11.9 Å². The molecule has 4 rings (SSSR count). The Labute approximate surface area is 244 Å². The maximum atomic E-state index is 12.6. The molecule has 0 bridgehead atoms. The first-order chi connectivity index (χ1) is 20.4. The summed E-state index contributed by atoms with van der Waals surface area (Å²) in [5.41, 5.74) is 5.68. The van der Waals surface area contributed by atoms with Gasteiger partial charge in [0.05, 0.1) is 37.4 Å². The lowest BCUT2D eigenvalue weighted by molar-refractivity contribution is -0.130. The van der Waals surface area contributed by atoms with E-state index in [4.69, 9.17) is 0 Å². The highest BCUT2D eigenvalue weighted by Crippen LogP contribution is 2.27. The van der Waals surface area contributed by atoms with Gasteiger partial charge >= 0.3 is 12.1 Å². The van der Waals surface area contributed by atoms with E-state index < -0.39 is 6.09 Å². The Morgan fingerprint density at radius 1 is 0.810 bits per heavy atom. The van der Waals surface area contributed by atoms with Crippen LogP contribution in [0.1, 0.15) is 32.5 Å². The Morgan fingerprint density at radius 3 is 2.00 bits per heavy atom. The summed E-state index contributed by atoms with van der Waals surface area (Å²) in [4.78, 5) is 52.5. The lowest BCUT2D eigenvalue weighted by Crippen LogP contribution is -2.40. The third-order valence-electron chi connectivity index (χ3n) is 6.45. The summed E-state index contributed by atoms with van der Waals surface area (Å²) in [7, 11) is 1.26. The molecule has 42 heavy (non-hydrogen) atoms. The Bertz CT molecular complexity index is 1480. The number of benzene rings is 2. The molecule has 0 radical (unpaired) electrons. The number of anilines is 1. The van der Waals surface area contributed by atoms with Crippen molar-refractivity contribution in [1.82, 2.24) is 35.5 Å². The highest BCUT2D eigenvalue weighted by Gasteiger charge is 2.16. The van der Waals surface area contributed by atoms with E-state index in [1.54, 1.807) is 17.3 Å². The topological polar surface area (TPSA) is 157 Å². The van der Waals surface area contributed by atoms with Crippen molar-refractivity contribution in [3.05, 3.63) is 66.7 Å². The van der Waals surface area contributed by atoms with Crippen molar-refractivity contribution in [2.75, 3.05) is 32.1 Å². The van der Waals surface area contributed by atoms with Gasteiger partial charge in [-0.15, -0.1) is 0 Å². The van der Waals surface area contributed by atoms with Gasteiger partial charge in [0, 0.05) is 13.1 Å². The van der Waals surface area contributed by atoms with E-state index in [-0.39, 0.29) is 18.5 Å². The molecule has 12 heteroatoms. The summed E-state index contributed by atoms with van der Waals surface area (Å²) in [6, 6.07) is 15.9. The van der Waals surface area contributed by atoms with Crippen molar-refractivity contribution in [3.63, 3.8) is 0 Å². The number of imidazole rings is 2. The van der Waals surface area contributed by atoms with Crippen LogP contribution in [0, 0.1) is 0 Å². The number of alkyl carbamates (subject to hydrolysis) is 1. The van der Waals surface area contributed by atoms with E-state index in [2.05, 4.69) is 40.6 Å². The average molecular weight is 573 g/mol. The number of rotatable bonds is 12. The fraction of sp³-hybridized carbons (Fsp3) is 0.300. The van der Waals surface area contributed by atoms with E-state index in [0.29, 0.717) is 31.4 Å². The van der Waals surface area contributed by atoms with Gasteiger partial charge in [-0.1, -0.05) is 62.4 Å². The molecule has 4 amide bonds. The van der Waals surface area contributed by atoms with Crippen molar-refractivity contribution in [1.29, 1.82) is 0 Å². The minimum atomic E-state index is -0.645. The van der Waals surface area contributed by atoms with Crippen molar-refractivity contribution >= 4 is 24.0 Å². The monoisotopic (exact) mass is 572 g/mol. The number of H-pyrrole nitrogens is 2. The number of hydrogen-bond acceptors (Lipinski definition) is 6. The molecule has 220 valence electrons. The second-order valence-electron chi connectivity index (χ2n) is 9.59. The maximum Gasteiger partial charge on any atom is 0.407 e. The molecule has 0 aliphatic carbocycles. The number of carbonyl (C=O) groups is 3.